The van der Waals surface area contributed by atoms with Crippen molar-refractivity contribution in [1.82, 2.24) is 0 Å². The largest absolute Gasteiger partial charge is 0.326 e. The number of hydrogen-bond acceptors (Lipinski definition) is 1. The van der Waals surface area contributed by atoms with Crippen LogP contribution in [0.5, 0.6) is 0 Å². The number of nitrogens with two attached hydrogens (primary N) is 1. The number of rotatable bonds is 4. The first-order valence-corrected chi connectivity index (χ1v) is 5.61. The normalized spacial score (nSPS) is 10.3. The maximum absolute atomic E-state index is 5.56. The Balaban J connectivity index is 1.94. The van der Waals surface area contributed by atoms with Crippen LogP contribution < -0.4 is 5.73 Å². The predicted octanol–water partition coefficient (Wildman–Crippen LogP) is 2.73. The van der Waals surface area contributed by atoms with Crippen molar-refractivity contribution in [1.29, 1.82) is 0 Å². The molecule has 0 fully saturated rings. The highest BCUT2D eigenvalue weighted by Crippen LogP contribution is 2.08. The van der Waals surface area contributed by atoms with Gasteiger partial charge in [0.1, 0.15) is 0 Å². The Morgan fingerprint density at radius 3 is 2.19 bits per heavy atom. The summed E-state index contributed by atoms with van der Waals surface area (Å²) in [6.07, 6.45) is 2.14. The van der Waals surface area contributed by atoms with Crippen molar-refractivity contribution in [3.05, 3.63) is 71.3 Å². The van der Waals surface area contributed by atoms with E-state index in [0.29, 0.717) is 6.54 Å². The van der Waals surface area contributed by atoms with Gasteiger partial charge in [-0.1, -0.05) is 48.5 Å². The van der Waals surface area contributed by atoms with Crippen LogP contribution in [0, 0.1) is 6.07 Å². The van der Waals surface area contributed by atoms with Gasteiger partial charge in [0.05, 0.1) is 0 Å². The van der Waals surface area contributed by atoms with Gasteiger partial charge in [-0.05, 0) is 35.6 Å². The first-order valence-electron chi connectivity index (χ1n) is 5.61. The minimum absolute atomic E-state index is 0.619. The third-order valence-corrected chi connectivity index (χ3v) is 2.73. The van der Waals surface area contributed by atoms with E-state index in [4.69, 9.17) is 5.73 Å². The highest BCUT2D eigenvalue weighted by molar-refractivity contribution is 5.24. The second-order valence-electron chi connectivity index (χ2n) is 3.93. The molecule has 81 valence electrons. The van der Waals surface area contributed by atoms with Gasteiger partial charge in [0.25, 0.3) is 0 Å². The molecule has 0 atom stereocenters. The zero-order valence-electron chi connectivity index (χ0n) is 9.32. The van der Waals surface area contributed by atoms with E-state index in [2.05, 4.69) is 36.4 Å². The molecule has 0 unspecified atom stereocenters. The maximum atomic E-state index is 5.56. The molecule has 0 saturated carbocycles. The molecule has 0 aliphatic heterocycles. The average Bonchev–Trinajstić information content (AvgIpc) is 2.38. The van der Waals surface area contributed by atoms with Crippen molar-refractivity contribution in [2.24, 2.45) is 5.73 Å². The fourth-order valence-electron chi connectivity index (χ4n) is 1.72. The average molecular weight is 210 g/mol. The molecule has 2 rings (SSSR count). The summed E-state index contributed by atoms with van der Waals surface area (Å²) in [7, 11) is 0. The van der Waals surface area contributed by atoms with Gasteiger partial charge >= 0.3 is 0 Å². The summed E-state index contributed by atoms with van der Waals surface area (Å²) in [6.45, 7) is 0.619. The van der Waals surface area contributed by atoms with Crippen molar-refractivity contribution in [3.8, 4) is 0 Å². The fraction of sp³-hybridized carbons (Fsp3) is 0.200. The lowest BCUT2D eigenvalue weighted by molar-refractivity contribution is 0.955. The van der Waals surface area contributed by atoms with E-state index in [1.165, 1.54) is 16.7 Å². The summed E-state index contributed by atoms with van der Waals surface area (Å²) in [4.78, 5) is 0. The number of aryl methyl sites for hydroxylation is 2. The molecule has 0 saturated heterocycles. The lowest BCUT2D eigenvalue weighted by atomic mass is 10.0. The Morgan fingerprint density at radius 2 is 1.56 bits per heavy atom. The Kier molecular flexibility index (Phi) is 3.73. The molecule has 16 heavy (non-hydrogen) atoms. The minimum atomic E-state index is 0.619. The molecule has 2 N–H and O–H groups in total. The van der Waals surface area contributed by atoms with Crippen LogP contribution in [0.15, 0.2) is 48.5 Å². The number of hydrogen-bond donors (Lipinski definition) is 1. The Morgan fingerprint density at radius 1 is 0.875 bits per heavy atom. The van der Waals surface area contributed by atoms with Crippen molar-refractivity contribution in [3.63, 3.8) is 0 Å². The molecule has 1 nitrogen and oxygen atoms in total. The van der Waals surface area contributed by atoms with E-state index in [1.807, 2.05) is 18.2 Å². The predicted molar refractivity (Wildman–Crippen MR) is 67.0 cm³/mol. The monoisotopic (exact) mass is 210 g/mol. The van der Waals surface area contributed by atoms with Crippen molar-refractivity contribution < 1.29 is 0 Å². The molecule has 2 aromatic rings. The van der Waals surface area contributed by atoms with Gasteiger partial charge < -0.3 is 5.73 Å². The highest BCUT2D eigenvalue weighted by atomic mass is 14.5. The molecule has 0 aromatic heterocycles. The zero-order chi connectivity index (χ0) is 11.2. The molecular weight excluding hydrogens is 194 g/mol. The smallest absolute Gasteiger partial charge is 0.0178 e. The van der Waals surface area contributed by atoms with E-state index < -0.39 is 0 Å². The molecule has 1 radical (unpaired) electrons. The second-order valence-corrected chi connectivity index (χ2v) is 3.93. The quantitative estimate of drug-likeness (QED) is 0.825. The van der Waals surface area contributed by atoms with Gasteiger partial charge in [-0.25, -0.2) is 0 Å². The van der Waals surface area contributed by atoms with Gasteiger partial charge in [-0.3, -0.25) is 0 Å². The van der Waals surface area contributed by atoms with E-state index in [9.17, 15) is 0 Å². The van der Waals surface area contributed by atoms with E-state index >= 15 is 0 Å². The summed E-state index contributed by atoms with van der Waals surface area (Å²) in [6, 6.07) is 19.8. The molecule has 0 heterocycles. The molecule has 1 heteroatoms. The third-order valence-electron chi connectivity index (χ3n) is 2.73. The van der Waals surface area contributed by atoms with Gasteiger partial charge in [0, 0.05) is 6.54 Å². The summed E-state index contributed by atoms with van der Waals surface area (Å²) in [5.74, 6) is 0. The molecule has 0 bridgehead atoms. The minimum Gasteiger partial charge on any atom is -0.326 e. The summed E-state index contributed by atoms with van der Waals surface area (Å²) >= 11 is 0. The maximum Gasteiger partial charge on any atom is 0.0178 e. The molecule has 0 aliphatic carbocycles. The summed E-state index contributed by atoms with van der Waals surface area (Å²) in [5.41, 5.74) is 9.45. The van der Waals surface area contributed by atoms with Crippen LogP contribution in [0.25, 0.3) is 0 Å². The summed E-state index contributed by atoms with van der Waals surface area (Å²) in [5, 5.41) is 0. The summed E-state index contributed by atoms with van der Waals surface area (Å²) < 4.78 is 0. The SMILES string of the molecule is NCc1ccc(CCc2c[c]ccc2)cc1. The molecule has 0 amide bonds. The standard InChI is InChI=1S/C15H16N/c16-12-15-10-8-14(9-11-15)7-6-13-4-2-1-3-5-13/h1-2,4-5,8-11H,6-7,12,16H2. The van der Waals surface area contributed by atoms with Crippen molar-refractivity contribution in [2.75, 3.05) is 0 Å². The van der Waals surface area contributed by atoms with Gasteiger partial charge in [-0.15, -0.1) is 0 Å². The Hall–Kier alpha value is -1.60. The fourth-order valence-corrected chi connectivity index (χ4v) is 1.72. The molecule has 0 aliphatic rings. The van der Waals surface area contributed by atoms with Crippen LogP contribution in [-0.4, -0.2) is 0 Å². The van der Waals surface area contributed by atoms with E-state index in [-0.39, 0.29) is 0 Å². The third kappa shape index (κ3) is 2.94. The van der Waals surface area contributed by atoms with E-state index in [1.54, 1.807) is 0 Å². The van der Waals surface area contributed by atoms with Crippen LogP contribution in [0.2, 0.25) is 0 Å². The van der Waals surface area contributed by atoms with Crippen LogP contribution >= 0.6 is 0 Å². The van der Waals surface area contributed by atoms with Gasteiger partial charge in [-0.2, -0.15) is 0 Å². The second kappa shape index (κ2) is 5.47. The van der Waals surface area contributed by atoms with Gasteiger partial charge in [0.2, 0.25) is 0 Å². The van der Waals surface area contributed by atoms with Crippen molar-refractivity contribution >= 4 is 0 Å². The lowest BCUT2D eigenvalue weighted by Gasteiger charge is -2.03. The lowest BCUT2D eigenvalue weighted by Crippen LogP contribution is -1.96. The Labute approximate surface area is 96.9 Å². The van der Waals surface area contributed by atoms with Crippen LogP contribution in [0.3, 0.4) is 0 Å². The first-order chi connectivity index (χ1) is 7.88. The Bertz CT molecular complexity index is 417. The first kappa shape index (κ1) is 10.9. The zero-order valence-corrected chi connectivity index (χ0v) is 9.32. The van der Waals surface area contributed by atoms with Gasteiger partial charge in [0.15, 0.2) is 0 Å². The molecule has 2 aromatic carbocycles. The highest BCUT2D eigenvalue weighted by Gasteiger charge is 1.95. The molecular formula is C15H16N. The van der Waals surface area contributed by atoms with Crippen LogP contribution in [-0.2, 0) is 19.4 Å². The van der Waals surface area contributed by atoms with Crippen LogP contribution in [0.1, 0.15) is 16.7 Å². The van der Waals surface area contributed by atoms with Crippen LogP contribution in [0.4, 0.5) is 0 Å². The number of benzene rings is 2. The van der Waals surface area contributed by atoms with E-state index in [0.717, 1.165) is 12.8 Å². The van der Waals surface area contributed by atoms with Crippen molar-refractivity contribution in [2.45, 2.75) is 19.4 Å². The molecule has 0 spiro atoms. The topological polar surface area (TPSA) is 26.0 Å².